The van der Waals surface area contributed by atoms with Gasteiger partial charge >= 0.3 is 0 Å². The molecule has 0 aliphatic rings. The highest BCUT2D eigenvalue weighted by atomic mass is 32.1. The van der Waals surface area contributed by atoms with Gasteiger partial charge in [-0.1, -0.05) is 165 Å². The summed E-state index contributed by atoms with van der Waals surface area (Å²) in [6, 6.07) is 69.5. The molecule has 0 N–H and O–H groups in total. The van der Waals surface area contributed by atoms with Crippen LogP contribution in [0.15, 0.2) is 215 Å². The highest BCUT2D eigenvalue weighted by Gasteiger charge is 2.24. The van der Waals surface area contributed by atoms with Crippen molar-refractivity contribution in [3.05, 3.63) is 217 Å². The summed E-state index contributed by atoms with van der Waals surface area (Å²) in [5.41, 5.74) is 8.68. The largest absolute Gasteiger partial charge is 0.454 e. The predicted molar refractivity (Wildman–Crippen MR) is 279 cm³/mol. The van der Waals surface area contributed by atoms with Gasteiger partial charge in [-0.25, -0.2) is 9.98 Å². The van der Waals surface area contributed by atoms with Crippen molar-refractivity contribution in [1.82, 2.24) is 4.57 Å². The monoisotopic (exact) mass is 849 g/mol. The summed E-state index contributed by atoms with van der Waals surface area (Å²) in [4.78, 5) is 11.0. The number of thiophene rings is 1. The van der Waals surface area contributed by atoms with Crippen LogP contribution in [0.1, 0.15) is 30.0 Å². The second-order valence-electron chi connectivity index (χ2n) is 16.7. The molecule has 5 heteroatoms. The number of furan rings is 1. The molecule has 306 valence electrons. The molecule has 13 aromatic rings. The summed E-state index contributed by atoms with van der Waals surface area (Å²) >= 11 is 1.82. The highest BCUT2D eigenvalue weighted by molar-refractivity contribution is 7.25. The smallest absolute Gasteiger partial charge is 0.160 e. The molecule has 3 aromatic heterocycles. The van der Waals surface area contributed by atoms with E-state index in [1.54, 1.807) is 0 Å². The molecule has 10 aromatic carbocycles. The lowest BCUT2D eigenvalue weighted by molar-refractivity contribution is 0.666. The Hall–Kier alpha value is -8.12. The number of amidine groups is 1. The van der Waals surface area contributed by atoms with Crippen molar-refractivity contribution in [1.29, 1.82) is 0 Å². The maximum atomic E-state index is 7.09. The fourth-order valence-corrected chi connectivity index (χ4v) is 11.1. The first-order valence-corrected chi connectivity index (χ1v) is 23.0. The van der Waals surface area contributed by atoms with Crippen molar-refractivity contribution >= 4 is 125 Å². The van der Waals surface area contributed by atoms with Crippen LogP contribution < -0.4 is 0 Å². The van der Waals surface area contributed by atoms with Gasteiger partial charge < -0.3 is 8.98 Å². The SMILES string of the molecule is CC/C=C(/N=C(N=Cc1cccc2ccccc12)c1ccc(-n2c3cc4ccccc4cc3c3ccc4ccccc4c32)c2oc3ccccc3c12)c1ccc2c(c1)sc1ccccc12. The number of aliphatic imine (C=N–C) groups is 2. The van der Waals surface area contributed by atoms with E-state index in [9.17, 15) is 0 Å². The Bertz CT molecular complexity index is 4170. The van der Waals surface area contributed by atoms with Crippen molar-refractivity contribution in [3.8, 4) is 5.69 Å². The number of benzene rings is 10. The molecule has 0 unspecified atom stereocenters. The van der Waals surface area contributed by atoms with Gasteiger partial charge in [-0.05, 0) is 75.8 Å². The highest BCUT2D eigenvalue weighted by Crippen LogP contribution is 2.43. The molecule has 0 radical (unpaired) electrons. The molecular weight excluding hydrogens is 811 g/mol. The minimum absolute atomic E-state index is 0.607. The van der Waals surface area contributed by atoms with E-state index in [4.69, 9.17) is 14.4 Å². The number of fused-ring (bicyclic) bond motifs is 13. The quantitative estimate of drug-likeness (QED) is 0.121. The Morgan fingerprint density at radius 2 is 1.23 bits per heavy atom. The fourth-order valence-electron chi connectivity index (χ4n) is 9.96. The lowest BCUT2D eigenvalue weighted by Gasteiger charge is -2.13. The zero-order valence-electron chi connectivity index (χ0n) is 35.5. The van der Waals surface area contributed by atoms with E-state index >= 15 is 0 Å². The molecule has 0 bridgehead atoms. The average Bonchev–Trinajstić information content (AvgIpc) is 4.04. The molecule has 0 fully saturated rings. The fraction of sp³-hybridized carbons (Fsp3) is 0.0333. The number of aromatic nitrogens is 1. The van der Waals surface area contributed by atoms with Crippen molar-refractivity contribution in [2.75, 3.05) is 0 Å². The van der Waals surface area contributed by atoms with Crippen molar-refractivity contribution in [2.24, 2.45) is 9.98 Å². The number of nitrogens with zero attached hydrogens (tertiary/aromatic N) is 3. The van der Waals surface area contributed by atoms with Crippen LogP contribution in [0.5, 0.6) is 0 Å². The first-order valence-electron chi connectivity index (χ1n) is 22.2. The van der Waals surface area contributed by atoms with E-state index in [0.29, 0.717) is 5.84 Å². The third kappa shape index (κ3) is 6.04. The standard InChI is InChI=1S/C60H39N3OS/c1-2-14-51(41-28-29-46-45-23-10-12-26-55(45)65-56(46)35-41)62-60(61-36-42-20-13-19-37-15-5-7-21-43(37)42)49-31-32-52(59-57(49)48-24-9-11-25-54(48)64-59)63-53-34-40-18-4-3-17-39(40)33-50(53)47-30-27-38-16-6-8-22-44(38)58(47)63/h3-36H,2H2,1H3/b51-14+,61-36?,62-60?. The van der Waals surface area contributed by atoms with Gasteiger partial charge in [0.15, 0.2) is 11.4 Å². The van der Waals surface area contributed by atoms with Gasteiger partial charge in [0, 0.05) is 70.0 Å². The van der Waals surface area contributed by atoms with Gasteiger partial charge in [0.05, 0.1) is 22.4 Å². The van der Waals surface area contributed by atoms with Crippen LogP contribution >= 0.6 is 11.3 Å². The van der Waals surface area contributed by atoms with E-state index in [2.05, 4.69) is 206 Å². The topological polar surface area (TPSA) is 42.8 Å². The lowest BCUT2D eigenvalue weighted by atomic mass is 10.0. The summed E-state index contributed by atoms with van der Waals surface area (Å²) < 4.78 is 12.0. The molecule has 4 nitrogen and oxygen atoms in total. The predicted octanol–water partition coefficient (Wildman–Crippen LogP) is 16.8. The molecular formula is C60H39N3OS. The summed E-state index contributed by atoms with van der Waals surface area (Å²) in [7, 11) is 0. The normalized spacial score (nSPS) is 12.9. The molecule has 3 heterocycles. The second kappa shape index (κ2) is 15.0. The summed E-state index contributed by atoms with van der Waals surface area (Å²) in [6.07, 6.45) is 5.00. The Balaban J connectivity index is 1.10. The molecule has 0 aliphatic heterocycles. The van der Waals surface area contributed by atoms with E-state index in [-0.39, 0.29) is 0 Å². The van der Waals surface area contributed by atoms with Crippen LogP contribution in [0, 0.1) is 0 Å². The number of rotatable bonds is 6. The van der Waals surface area contributed by atoms with Crippen LogP contribution in [0.4, 0.5) is 0 Å². The third-order valence-corrected chi connectivity index (χ3v) is 14.1. The van der Waals surface area contributed by atoms with Gasteiger partial charge in [0.1, 0.15) is 5.58 Å². The van der Waals surface area contributed by atoms with Gasteiger partial charge in [-0.15, -0.1) is 11.3 Å². The molecule has 0 spiro atoms. The first-order chi connectivity index (χ1) is 32.2. The minimum Gasteiger partial charge on any atom is -0.454 e. The maximum Gasteiger partial charge on any atom is 0.160 e. The molecule has 0 saturated heterocycles. The molecule has 0 saturated carbocycles. The summed E-state index contributed by atoms with van der Waals surface area (Å²) in [5, 5.41) is 14.0. The van der Waals surface area contributed by atoms with Gasteiger partial charge in [-0.2, -0.15) is 0 Å². The number of allylic oxidation sites excluding steroid dienone is 1. The zero-order valence-corrected chi connectivity index (χ0v) is 36.3. The van der Waals surface area contributed by atoms with E-state index in [1.807, 2.05) is 23.6 Å². The number of para-hydroxylation sites is 1. The minimum atomic E-state index is 0.607. The van der Waals surface area contributed by atoms with Crippen LogP contribution in [0.25, 0.3) is 108 Å². The molecule has 0 atom stereocenters. The summed E-state index contributed by atoms with van der Waals surface area (Å²) in [6.45, 7) is 2.17. The average molecular weight is 850 g/mol. The van der Waals surface area contributed by atoms with Crippen molar-refractivity contribution < 1.29 is 4.42 Å². The van der Waals surface area contributed by atoms with Crippen LogP contribution in [0.2, 0.25) is 0 Å². The van der Waals surface area contributed by atoms with Crippen LogP contribution in [0.3, 0.4) is 0 Å². The van der Waals surface area contributed by atoms with E-state index in [0.717, 1.165) is 78.2 Å². The van der Waals surface area contributed by atoms with E-state index < -0.39 is 0 Å². The van der Waals surface area contributed by atoms with Crippen LogP contribution in [-0.2, 0) is 0 Å². The third-order valence-electron chi connectivity index (χ3n) is 13.0. The lowest BCUT2D eigenvalue weighted by Crippen LogP contribution is -2.03. The first kappa shape index (κ1) is 37.4. The maximum absolute atomic E-state index is 7.09. The molecule has 13 rings (SSSR count). The van der Waals surface area contributed by atoms with Gasteiger partial charge in [0.25, 0.3) is 0 Å². The van der Waals surface area contributed by atoms with Gasteiger partial charge in [-0.3, -0.25) is 0 Å². The van der Waals surface area contributed by atoms with Crippen LogP contribution in [-0.4, -0.2) is 16.6 Å². The Kier molecular flexibility index (Phi) is 8.65. The number of hydrogen-bond donors (Lipinski definition) is 0. The van der Waals surface area contributed by atoms with E-state index in [1.165, 1.54) is 52.5 Å². The molecule has 0 aliphatic carbocycles. The Morgan fingerprint density at radius 3 is 2.08 bits per heavy atom. The molecule has 65 heavy (non-hydrogen) atoms. The van der Waals surface area contributed by atoms with Crippen molar-refractivity contribution in [2.45, 2.75) is 13.3 Å². The Labute approximate surface area is 378 Å². The van der Waals surface area contributed by atoms with Gasteiger partial charge in [0.2, 0.25) is 0 Å². The van der Waals surface area contributed by atoms with Crippen molar-refractivity contribution in [3.63, 3.8) is 0 Å². The Morgan fingerprint density at radius 1 is 0.554 bits per heavy atom. The molecule has 0 amide bonds. The zero-order chi connectivity index (χ0) is 43.0. The number of hydrogen-bond acceptors (Lipinski definition) is 3. The summed E-state index contributed by atoms with van der Waals surface area (Å²) in [5.74, 6) is 0.607. The second-order valence-corrected chi connectivity index (χ2v) is 17.8.